The summed E-state index contributed by atoms with van der Waals surface area (Å²) in [7, 11) is 0. The maximum absolute atomic E-state index is 11.0. The molecule has 106 valence electrons. The molecule has 0 saturated heterocycles. The fraction of sp³-hybridized carbons (Fsp3) is 0.308. The lowest BCUT2D eigenvalue weighted by molar-refractivity contribution is 0.0331. The van der Waals surface area contributed by atoms with Gasteiger partial charge in [-0.05, 0) is 12.5 Å². The molecule has 20 heavy (non-hydrogen) atoms. The maximum Gasteiger partial charge on any atom is 0.358 e. The first-order chi connectivity index (χ1) is 9.45. The predicted octanol–water partition coefficient (Wildman–Crippen LogP) is 0.343. The van der Waals surface area contributed by atoms with E-state index in [0.29, 0.717) is 5.56 Å². The molecule has 0 radical (unpaired) electrons. The largest absolute Gasteiger partial charge is 0.476 e. The Kier molecular flexibility index (Phi) is 3.82. The SMILES string of the molecule is CC(O)(Cn1nnc(C(=O)O)c1CN)c1ccccc1. The highest BCUT2D eigenvalue weighted by atomic mass is 16.4. The van der Waals surface area contributed by atoms with E-state index in [1.165, 1.54) is 4.68 Å². The standard InChI is InChI=1S/C13H16N4O3/c1-13(20,9-5-3-2-4-6-9)8-17-10(7-14)11(12(18)19)15-16-17/h2-6,20H,7-8,14H2,1H3,(H,18,19). The molecule has 1 aromatic carbocycles. The zero-order valence-corrected chi connectivity index (χ0v) is 11.0. The van der Waals surface area contributed by atoms with Gasteiger partial charge >= 0.3 is 5.97 Å². The van der Waals surface area contributed by atoms with Crippen molar-refractivity contribution in [2.45, 2.75) is 25.6 Å². The molecule has 1 unspecified atom stereocenters. The van der Waals surface area contributed by atoms with Crippen LogP contribution < -0.4 is 5.73 Å². The van der Waals surface area contributed by atoms with Gasteiger partial charge in [-0.2, -0.15) is 0 Å². The van der Waals surface area contributed by atoms with E-state index in [1.807, 2.05) is 18.2 Å². The van der Waals surface area contributed by atoms with Crippen molar-refractivity contribution in [3.63, 3.8) is 0 Å². The molecular weight excluding hydrogens is 260 g/mol. The molecule has 2 rings (SSSR count). The Labute approximate surface area is 115 Å². The highest BCUT2D eigenvalue weighted by Crippen LogP contribution is 2.23. The molecule has 1 atom stereocenters. The van der Waals surface area contributed by atoms with E-state index < -0.39 is 11.6 Å². The third-order valence-electron chi connectivity index (χ3n) is 3.09. The number of aromatic nitrogens is 3. The van der Waals surface area contributed by atoms with Crippen LogP contribution in [0, 0.1) is 0 Å². The van der Waals surface area contributed by atoms with Crippen molar-refractivity contribution in [2.75, 3.05) is 0 Å². The number of carboxylic acid groups (broad SMARTS) is 1. The monoisotopic (exact) mass is 276 g/mol. The number of aromatic carboxylic acids is 1. The van der Waals surface area contributed by atoms with Gasteiger partial charge in [-0.25, -0.2) is 9.48 Å². The van der Waals surface area contributed by atoms with Crippen LogP contribution in [-0.2, 0) is 18.7 Å². The van der Waals surface area contributed by atoms with Crippen LogP contribution in [0.2, 0.25) is 0 Å². The summed E-state index contributed by atoms with van der Waals surface area (Å²) in [4.78, 5) is 11.0. The van der Waals surface area contributed by atoms with Crippen molar-refractivity contribution in [3.05, 3.63) is 47.3 Å². The molecular formula is C13H16N4O3. The molecule has 0 spiro atoms. The molecule has 0 aliphatic heterocycles. The highest BCUT2D eigenvalue weighted by Gasteiger charge is 2.27. The fourth-order valence-electron chi connectivity index (χ4n) is 2.01. The first kappa shape index (κ1) is 14.2. The zero-order chi connectivity index (χ0) is 14.8. The quantitative estimate of drug-likeness (QED) is 0.725. The molecule has 0 amide bonds. The van der Waals surface area contributed by atoms with Crippen LogP contribution in [-0.4, -0.2) is 31.2 Å². The van der Waals surface area contributed by atoms with Gasteiger partial charge in [0.25, 0.3) is 0 Å². The number of carboxylic acids is 1. The van der Waals surface area contributed by atoms with E-state index in [9.17, 15) is 9.90 Å². The Hall–Kier alpha value is -2.25. The number of carbonyl (C=O) groups is 1. The molecule has 1 heterocycles. The Bertz CT molecular complexity index is 607. The number of hydrogen-bond acceptors (Lipinski definition) is 5. The minimum absolute atomic E-state index is 0.0144. The molecule has 1 aromatic heterocycles. The van der Waals surface area contributed by atoms with E-state index in [1.54, 1.807) is 19.1 Å². The minimum atomic E-state index is -1.20. The van der Waals surface area contributed by atoms with E-state index in [4.69, 9.17) is 10.8 Å². The highest BCUT2D eigenvalue weighted by molar-refractivity contribution is 5.86. The minimum Gasteiger partial charge on any atom is -0.476 e. The Morgan fingerprint density at radius 3 is 2.60 bits per heavy atom. The molecule has 0 aliphatic rings. The van der Waals surface area contributed by atoms with Crippen molar-refractivity contribution in [3.8, 4) is 0 Å². The second-order valence-electron chi connectivity index (χ2n) is 4.69. The molecule has 4 N–H and O–H groups in total. The Balaban J connectivity index is 2.32. The van der Waals surface area contributed by atoms with E-state index in [-0.39, 0.29) is 24.5 Å². The number of hydrogen-bond donors (Lipinski definition) is 3. The normalized spacial score (nSPS) is 13.9. The van der Waals surface area contributed by atoms with Crippen LogP contribution in [0.4, 0.5) is 0 Å². The van der Waals surface area contributed by atoms with Crippen LogP contribution in [0.1, 0.15) is 28.7 Å². The predicted molar refractivity (Wildman–Crippen MR) is 70.9 cm³/mol. The molecule has 7 nitrogen and oxygen atoms in total. The van der Waals surface area contributed by atoms with Gasteiger partial charge in [-0.3, -0.25) is 0 Å². The van der Waals surface area contributed by atoms with Gasteiger partial charge in [-0.15, -0.1) is 5.10 Å². The summed E-state index contributed by atoms with van der Waals surface area (Å²) >= 11 is 0. The van der Waals surface area contributed by atoms with Crippen LogP contribution in [0.15, 0.2) is 30.3 Å². The first-order valence-electron chi connectivity index (χ1n) is 6.09. The third-order valence-corrected chi connectivity index (χ3v) is 3.09. The second kappa shape index (κ2) is 5.40. The lowest BCUT2D eigenvalue weighted by atomic mass is 9.96. The van der Waals surface area contributed by atoms with Crippen molar-refractivity contribution >= 4 is 5.97 Å². The summed E-state index contributed by atoms with van der Waals surface area (Å²) in [6.45, 7) is 1.69. The van der Waals surface area contributed by atoms with Gasteiger partial charge in [0, 0.05) is 6.54 Å². The zero-order valence-electron chi connectivity index (χ0n) is 11.0. The van der Waals surface area contributed by atoms with Crippen molar-refractivity contribution < 1.29 is 15.0 Å². The van der Waals surface area contributed by atoms with Gasteiger partial charge in [0.1, 0.15) is 5.60 Å². The lowest BCUT2D eigenvalue weighted by Gasteiger charge is -2.24. The van der Waals surface area contributed by atoms with Gasteiger partial charge in [0.15, 0.2) is 5.69 Å². The van der Waals surface area contributed by atoms with Crippen LogP contribution >= 0.6 is 0 Å². The average Bonchev–Trinajstić information content (AvgIpc) is 2.82. The molecule has 0 fully saturated rings. The number of benzene rings is 1. The molecule has 2 aromatic rings. The summed E-state index contributed by atoms with van der Waals surface area (Å²) in [6, 6.07) is 9.06. The van der Waals surface area contributed by atoms with Crippen molar-refractivity contribution in [1.29, 1.82) is 0 Å². The van der Waals surface area contributed by atoms with E-state index in [0.717, 1.165) is 0 Å². The van der Waals surface area contributed by atoms with Gasteiger partial charge in [0.2, 0.25) is 0 Å². The van der Waals surface area contributed by atoms with Crippen LogP contribution in [0.3, 0.4) is 0 Å². The first-order valence-corrected chi connectivity index (χ1v) is 6.09. The summed E-state index contributed by atoms with van der Waals surface area (Å²) in [5.74, 6) is -1.18. The van der Waals surface area contributed by atoms with E-state index >= 15 is 0 Å². The van der Waals surface area contributed by atoms with Gasteiger partial charge in [0.05, 0.1) is 12.2 Å². The number of nitrogens with zero attached hydrogens (tertiary/aromatic N) is 3. The fourth-order valence-corrected chi connectivity index (χ4v) is 2.01. The summed E-state index contributed by atoms with van der Waals surface area (Å²) in [5, 5.41) is 26.9. The van der Waals surface area contributed by atoms with Crippen molar-refractivity contribution in [1.82, 2.24) is 15.0 Å². The maximum atomic E-state index is 11.0. The molecule has 0 aliphatic carbocycles. The Morgan fingerprint density at radius 1 is 1.40 bits per heavy atom. The summed E-state index contributed by atoms with van der Waals surface area (Å²) in [6.07, 6.45) is 0. The number of nitrogens with two attached hydrogens (primary N) is 1. The van der Waals surface area contributed by atoms with Crippen LogP contribution in [0.5, 0.6) is 0 Å². The summed E-state index contributed by atoms with van der Waals surface area (Å²) in [5.41, 5.74) is 5.15. The molecule has 7 heteroatoms. The number of aliphatic hydroxyl groups is 1. The lowest BCUT2D eigenvalue weighted by Crippen LogP contribution is -2.29. The topological polar surface area (TPSA) is 114 Å². The number of rotatable bonds is 5. The third kappa shape index (κ3) is 2.68. The average molecular weight is 276 g/mol. The van der Waals surface area contributed by atoms with Gasteiger partial charge < -0.3 is 15.9 Å². The second-order valence-corrected chi connectivity index (χ2v) is 4.69. The molecule has 0 saturated carbocycles. The van der Waals surface area contributed by atoms with E-state index in [2.05, 4.69) is 10.3 Å². The van der Waals surface area contributed by atoms with Crippen molar-refractivity contribution in [2.24, 2.45) is 5.73 Å². The summed E-state index contributed by atoms with van der Waals surface area (Å²) < 4.78 is 1.33. The van der Waals surface area contributed by atoms with Crippen LogP contribution in [0.25, 0.3) is 0 Å². The van der Waals surface area contributed by atoms with Gasteiger partial charge in [-0.1, -0.05) is 35.5 Å². The Morgan fingerprint density at radius 2 is 2.05 bits per heavy atom. The molecule has 0 bridgehead atoms. The smallest absolute Gasteiger partial charge is 0.358 e.